The molecule has 0 saturated carbocycles. The number of aromatic nitrogens is 2. The molecule has 0 spiro atoms. The molecule has 0 radical (unpaired) electrons. The lowest BCUT2D eigenvalue weighted by Crippen LogP contribution is -2.16. The number of aromatic amines is 1. The third-order valence-electron chi connectivity index (χ3n) is 3.50. The fraction of sp³-hybridized carbons (Fsp3) is 0.353. The van der Waals surface area contributed by atoms with Crippen molar-refractivity contribution in [1.29, 1.82) is 0 Å². The molecule has 0 aliphatic heterocycles. The zero-order chi connectivity index (χ0) is 16.8. The van der Waals surface area contributed by atoms with Gasteiger partial charge < -0.3 is 10.3 Å². The molecule has 2 aromatic rings. The minimum Gasteiger partial charge on any atom is -0.325 e. The number of carbonyl (C=O) groups is 1. The van der Waals surface area contributed by atoms with Crippen LogP contribution in [0.15, 0.2) is 34.2 Å². The van der Waals surface area contributed by atoms with Crippen LogP contribution in [-0.4, -0.2) is 21.6 Å². The molecule has 0 saturated heterocycles. The summed E-state index contributed by atoms with van der Waals surface area (Å²) in [6.45, 7) is 6.02. The standard InChI is InChI=1S/C17H21N3O2S/c1-4-6-13-9-15(21)20-17(18-13)23-10-16(22)19-14-8-5-7-11(2)12(14)3/h5,7-9H,4,6,10H2,1-3H3,(H,19,22)(H,18,20,21). The third kappa shape index (κ3) is 4.96. The van der Waals surface area contributed by atoms with Gasteiger partial charge >= 0.3 is 0 Å². The number of anilines is 1. The average Bonchev–Trinajstić information content (AvgIpc) is 2.50. The van der Waals surface area contributed by atoms with Gasteiger partial charge in [-0.15, -0.1) is 0 Å². The quantitative estimate of drug-likeness (QED) is 0.630. The fourth-order valence-corrected chi connectivity index (χ4v) is 2.84. The second kappa shape index (κ2) is 7.97. The summed E-state index contributed by atoms with van der Waals surface area (Å²) >= 11 is 1.23. The smallest absolute Gasteiger partial charge is 0.251 e. The van der Waals surface area contributed by atoms with Gasteiger partial charge in [-0.05, 0) is 37.5 Å². The summed E-state index contributed by atoms with van der Waals surface area (Å²) in [6.07, 6.45) is 1.68. The molecule has 0 aliphatic carbocycles. The molecule has 5 nitrogen and oxygen atoms in total. The van der Waals surface area contributed by atoms with Crippen molar-refractivity contribution in [3.05, 3.63) is 51.4 Å². The first kappa shape index (κ1) is 17.3. The molecule has 1 amide bonds. The maximum Gasteiger partial charge on any atom is 0.251 e. The zero-order valence-electron chi connectivity index (χ0n) is 13.6. The van der Waals surface area contributed by atoms with E-state index in [1.54, 1.807) is 0 Å². The predicted molar refractivity (Wildman–Crippen MR) is 94.1 cm³/mol. The van der Waals surface area contributed by atoms with E-state index in [-0.39, 0.29) is 17.2 Å². The molecule has 1 aromatic heterocycles. The molecule has 2 rings (SSSR count). The van der Waals surface area contributed by atoms with Gasteiger partial charge in [0.15, 0.2) is 5.16 Å². The molecule has 6 heteroatoms. The molecular formula is C17H21N3O2S. The molecule has 1 heterocycles. The van der Waals surface area contributed by atoms with E-state index in [0.29, 0.717) is 5.16 Å². The number of carbonyl (C=O) groups excluding carboxylic acids is 1. The summed E-state index contributed by atoms with van der Waals surface area (Å²) in [7, 11) is 0. The van der Waals surface area contributed by atoms with E-state index in [9.17, 15) is 9.59 Å². The number of hydrogen-bond acceptors (Lipinski definition) is 4. The molecule has 0 aliphatic rings. The second-order valence-electron chi connectivity index (χ2n) is 5.38. The van der Waals surface area contributed by atoms with E-state index >= 15 is 0 Å². The van der Waals surface area contributed by atoms with Gasteiger partial charge in [0.05, 0.1) is 5.75 Å². The summed E-state index contributed by atoms with van der Waals surface area (Å²) in [5, 5.41) is 3.38. The highest BCUT2D eigenvalue weighted by Crippen LogP contribution is 2.19. The highest BCUT2D eigenvalue weighted by Gasteiger charge is 2.08. The highest BCUT2D eigenvalue weighted by molar-refractivity contribution is 7.99. The van der Waals surface area contributed by atoms with Gasteiger partial charge in [0.25, 0.3) is 5.56 Å². The topological polar surface area (TPSA) is 74.8 Å². The van der Waals surface area contributed by atoms with Crippen molar-refractivity contribution in [2.45, 2.75) is 38.8 Å². The first-order valence-electron chi connectivity index (χ1n) is 7.58. The summed E-state index contributed by atoms with van der Waals surface area (Å²) in [5.41, 5.74) is 3.59. The number of H-pyrrole nitrogens is 1. The first-order valence-corrected chi connectivity index (χ1v) is 8.57. The van der Waals surface area contributed by atoms with Crippen LogP contribution in [0.25, 0.3) is 0 Å². The molecule has 1 aromatic carbocycles. The number of benzene rings is 1. The predicted octanol–water partition coefficient (Wildman–Crippen LogP) is 3.07. The van der Waals surface area contributed by atoms with Crippen molar-refractivity contribution in [2.24, 2.45) is 0 Å². The van der Waals surface area contributed by atoms with Crippen LogP contribution in [0.5, 0.6) is 0 Å². The molecule has 2 N–H and O–H groups in total. The van der Waals surface area contributed by atoms with Crippen molar-refractivity contribution in [2.75, 3.05) is 11.1 Å². The number of rotatable bonds is 6. The zero-order valence-corrected chi connectivity index (χ0v) is 14.4. The minimum absolute atomic E-state index is 0.118. The van der Waals surface area contributed by atoms with Crippen LogP contribution in [-0.2, 0) is 11.2 Å². The number of nitrogens with one attached hydrogen (secondary N) is 2. The second-order valence-corrected chi connectivity index (χ2v) is 6.34. The van der Waals surface area contributed by atoms with Gasteiger partial charge in [0, 0.05) is 17.4 Å². The monoisotopic (exact) mass is 331 g/mol. The lowest BCUT2D eigenvalue weighted by molar-refractivity contribution is -0.113. The van der Waals surface area contributed by atoms with E-state index in [2.05, 4.69) is 15.3 Å². The van der Waals surface area contributed by atoms with Crippen molar-refractivity contribution >= 4 is 23.4 Å². The third-order valence-corrected chi connectivity index (χ3v) is 4.37. The Morgan fingerprint density at radius 2 is 2.13 bits per heavy atom. The summed E-state index contributed by atoms with van der Waals surface area (Å²) < 4.78 is 0. The van der Waals surface area contributed by atoms with Crippen LogP contribution < -0.4 is 10.9 Å². The van der Waals surface area contributed by atoms with Crippen LogP contribution in [0.2, 0.25) is 0 Å². The van der Waals surface area contributed by atoms with Crippen molar-refractivity contribution in [3.63, 3.8) is 0 Å². The van der Waals surface area contributed by atoms with Crippen LogP contribution in [0.3, 0.4) is 0 Å². The maximum atomic E-state index is 12.1. The van der Waals surface area contributed by atoms with Gasteiger partial charge in [0.1, 0.15) is 0 Å². The minimum atomic E-state index is -0.180. The Labute approximate surface area is 139 Å². The Hall–Kier alpha value is -2.08. The van der Waals surface area contributed by atoms with Gasteiger partial charge in [-0.25, -0.2) is 4.98 Å². The Balaban J connectivity index is 1.99. The van der Waals surface area contributed by atoms with Crippen molar-refractivity contribution in [3.8, 4) is 0 Å². The molecule has 23 heavy (non-hydrogen) atoms. The number of nitrogens with zero attached hydrogens (tertiary/aromatic N) is 1. The van der Waals surface area contributed by atoms with Crippen LogP contribution in [0.1, 0.15) is 30.2 Å². The lowest BCUT2D eigenvalue weighted by atomic mass is 10.1. The molecule has 0 bridgehead atoms. The summed E-state index contributed by atoms with van der Waals surface area (Å²) in [5.74, 6) is 0.0820. The van der Waals surface area contributed by atoms with E-state index in [1.807, 2.05) is 39.0 Å². The number of amides is 1. The molecule has 0 fully saturated rings. The Morgan fingerprint density at radius 1 is 1.35 bits per heavy atom. The fourth-order valence-electron chi connectivity index (χ4n) is 2.14. The Morgan fingerprint density at radius 3 is 2.87 bits per heavy atom. The number of hydrogen-bond donors (Lipinski definition) is 2. The van der Waals surface area contributed by atoms with Crippen LogP contribution in [0, 0.1) is 13.8 Å². The molecule has 0 atom stereocenters. The summed E-state index contributed by atoms with van der Waals surface area (Å²) in [4.78, 5) is 30.7. The normalized spacial score (nSPS) is 10.6. The molecule has 122 valence electrons. The molecular weight excluding hydrogens is 310 g/mol. The lowest BCUT2D eigenvalue weighted by Gasteiger charge is -2.10. The van der Waals surface area contributed by atoms with E-state index in [4.69, 9.17) is 0 Å². The van der Waals surface area contributed by atoms with Gasteiger partial charge in [-0.3, -0.25) is 9.59 Å². The van der Waals surface area contributed by atoms with Crippen molar-refractivity contribution < 1.29 is 4.79 Å². The van der Waals surface area contributed by atoms with Crippen molar-refractivity contribution in [1.82, 2.24) is 9.97 Å². The maximum absolute atomic E-state index is 12.1. The SMILES string of the molecule is CCCc1cc(=O)[nH]c(SCC(=O)Nc2cccc(C)c2C)n1. The Kier molecular flexibility index (Phi) is 5.98. The van der Waals surface area contributed by atoms with Crippen LogP contribution in [0.4, 0.5) is 5.69 Å². The van der Waals surface area contributed by atoms with E-state index < -0.39 is 0 Å². The largest absolute Gasteiger partial charge is 0.325 e. The highest BCUT2D eigenvalue weighted by atomic mass is 32.2. The first-order chi connectivity index (χ1) is 11.0. The number of thioether (sulfide) groups is 1. The van der Waals surface area contributed by atoms with Crippen LogP contribution >= 0.6 is 11.8 Å². The molecule has 0 unspecified atom stereocenters. The van der Waals surface area contributed by atoms with Gasteiger partial charge in [-0.2, -0.15) is 0 Å². The number of aryl methyl sites for hydroxylation is 2. The van der Waals surface area contributed by atoms with Gasteiger partial charge in [-0.1, -0.05) is 37.2 Å². The average molecular weight is 331 g/mol. The summed E-state index contributed by atoms with van der Waals surface area (Å²) in [6, 6.07) is 7.31. The van der Waals surface area contributed by atoms with E-state index in [1.165, 1.54) is 17.8 Å². The van der Waals surface area contributed by atoms with Gasteiger partial charge in [0.2, 0.25) is 5.91 Å². The van der Waals surface area contributed by atoms with E-state index in [0.717, 1.165) is 35.3 Å². The Bertz CT molecular complexity index is 756.